The number of nitrogens with one attached hydrogen (secondary N) is 3. The summed E-state index contributed by atoms with van der Waals surface area (Å²) in [6.07, 6.45) is 3.68. The summed E-state index contributed by atoms with van der Waals surface area (Å²) in [5, 5.41) is 9.56. The van der Waals surface area contributed by atoms with Crippen LogP contribution in [0.3, 0.4) is 0 Å². The number of halogens is 1. The molecule has 0 saturated heterocycles. The van der Waals surface area contributed by atoms with Gasteiger partial charge in [0.25, 0.3) is 0 Å². The molecule has 3 N–H and O–H groups in total. The van der Waals surface area contributed by atoms with Gasteiger partial charge in [0.2, 0.25) is 5.91 Å². The third-order valence-corrected chi connectivity index (χ3v) is 3.91. The zero-order valence-electron chi connectivity index (χ0n) is 16.9. The Kier molecular flexibility index (Phi) is 19.4. The average Bonchev–Trinajstić information content (AvgIpc) is 2.57. The summed E-state index contributed by atoms with van der Waals surface area (Å²) in [6.45, 7) is 16.1. The molecule has 6 nitrogen and oxygen atoms in total. The second kappa shape index (κ2) is 18.2. The van der Waals surface area contributed by atoms with Crippen molar-refractivity contribution in [3.05, 3.63) is 0 Å². The molecule has 1 amide bonds. The molecular weight excluding hydrogens is 429 g/mol. The van der Waals surface area contributed by atoms with Crippen LogP contribution in [0.15, 0.2) is 4.99 Å². The molecule has 0 rings (SSSR count). The van der Waals surface area contributed by atoms with Gasteiger partial charge in [0.15, 0.2) is 5.96 Å². The number of rotatable bonds is 13. The first-order valence-electron chi connectivity index (χ1n) is 9.61. The van der Waals surface area contributed by atoms with Gasteiger partial charge in [0.1, 0.15) is 0 Å². The van der Waals surface area contributed by atoms with E-state index in [1.807, 2.05) is 6.92 Å². The largest absolute Gasteiger partial charge is 0.357 e. The molecule has 0 aromatic rings. The monoisotopic (exact) mass is 469 g/mol. The van der Waals surface area contributed by atoms with E-state index in [2.05, 4.69) is 53.5 Å². The van der Waals surface area contributed by atoms with Crippen LogP contribution in [0.4, 0.5) is 0 Å². The smallest absolute Gasteiger partial charge is 0.221 e. The zero-order chi connectivity index (χ0) is 18.2. The number of aliphatic imine (C=N–C) groups is 1. The van der Waals surface area contributed by atoms with Gasteiger partial charge in [-0.1, -0.05) is 20.8 Å². The normalized spacial score (nSPS) is 12.5. The molecule has 0 aliphatic carbocycles. The highest BCUT2D eigenvalue weighted by Crippen LogP contribution is 1.99. The SMILES string of the molecule is CCCNC(=O)CCN=C(NCC)NC(C)CCCN(CC)CC.I. The van der Waals surface area contributed by atoms with Crippen LogP contribution in [0.2, 0.25) is 0 Å². The van der Waals surface area contributed by atoms with E-state index in [-0.39, 0.29) is 29.9 Å². The van der Waals surface area contributed by atoms with E-state index in [0.29, 0.717) is 19.0 Å². The standard InChI is InChI=1S/C18H39N5O.HI/c1-6-13-20-17(24)12-14-21-18(19-7-2)22-16(5)11-10-15-23(8-3)9-4;/h16H,6-15H2,1-5H3,(H,20,24)(H2,19,21,22);1H. The van der Waals surface area contributed by atoms with Crippen LogP contribution in [0.5, 0.6) is 0 Å². The molecule has 0 radical (unpaired) electrons. The molecule has 0 aromatic heterocycles. The van der Waals surface area contributed by atoms with E-state index in [4.69, 9.17) is 0 Å². The van der Waals surface area contributed by atoms with Crippen molar-refractivity contribution in [2.75, 3.05) is 39.3 Å². The van der Waals surface area contributed by atoms with Gasteiger partial charge in [-0.2, -0.15) is 0 Å². The Morgan fingerprint density at radius 2 is 1.80 bits per heavy atom. The quantitative estimate of drug-likeness (QED) is 0.220. The van der Waals surface area contributed by atoms with Gasteiger partial charge in [0, 0.05) is 25.6 Å². The van der Waals surface area contributed by atoms with Crippen LogP contribution in [0, 0.1) is 0 Å². The first kappa shape index (κ1) is 26.7. The van der Waals surface area contributed by atoms with Crippen molar-refractivity contribution in [1.29, 1.82) is 0 Å². The predicted molar refractivity (Wildman–Crippen MR) is 119 cm³/mol. The molecule has 0 aliphatic heterocycles. The predicted octanol–water partition coefficient (Wildman–Crippen LogP) is 2.59. The lowest BCUT2D eigenvalue weighted by molar-refractivity contribution is -0.120. The van der Waals surface area contributed by atoms with Crippen LogP contribution in [0.25, 0.3) is 0 Å². The highest BCUT2D eigenvalue weighted by Gasteiger charge is 2.07. The van der Waals surface area contributed by atoms with Gasteiger partial charge >= 0.3 is 0 Å². The maximum Gasteiger partial charge on any atom is 0.221 e. The first-order valence-corrected chi connectivity index (χ1v) is 9.61. The van der Waals surface area contributed by atoms with E-state index in [1.165, 1.54) is 6.42 Å². The lowest BCUT2D eigenvalue weighted by atomic mass is 10.2. The summed E-state index contributed by atoms with van der Waals surface area (Å²) in [5.41, 5.74) is 0. The molecule has 1 atom stereocenters. The average molecular weight is 469 g/mol. The second-order valence-corrected chi connectivity index (χ2v) is 6.08. The molecule has 0 heterocycles. The van der Waals surface area contributed by atoms with Crippen LogP contribution >= 0.6 is 24.0 Å². The van der Waals surface area contributed by atoms with Gasteiger partial charge in [-0.05, 0) is 52.7 Å². The Hall–Kier alpha value is -0.570. The van der Waals surface area contributed by atoms with E-state index in [0.717, 1.165) is 51.5 Å². The summed E-state index contributed by atoms with van der Waals surface area (Å²) in [6, 6.07) is 0.368. The molecule has 7 heteroatoms. The molecule has 0 fully saturated rings. The van der Waals surface area contributed by atoms with Gasteiger partial charge in [-0.3, -0.25) is 9.79 Å². The Balaban J connectivity index is 0. The summed E-state index contributed by atoms with van der Waals surface area (Å²) >= 11 is 0. The van der Waals surface area contributed by atoms with Gasteiger partial charge in [-0.15, -0.1) is 24.0 Å². The minimum absolute atomic E-state index is 0. The van der Waals surface area contributed by atoms with E-state index < -0.39 is 0 Å². The van der Waals surface area contributed by atoms with Crippen molar-refractivity contribution >= 4 is 35.8 Å². The maximum absolute atomic E-state index is 11.6. The van der Waals surface area contributed by atoms with Crippen molar-refractivity contribution in [3.8, 4) is 0 Å². The third kappa shape index (κ3) is 15.4. The second-order valence-electron chi connectivity index (χ2n) is 6.08. The summed E-state index contributed by atoms with van der Waals surface area (Å²) < 4.78 is 0. The number of amides is 1. The van der Waals surface area contributed by atoms with Gasteiger partial charge in [-0.25, -0.2) is 0 Å². The summed E-state index contributed by atoms with van der Waals surface area (Å²) in [5.74, 6) is 0.875. The van der Waals surface area contributed by atoms with Crippen molar-refractivity contribution in [2.45, 2.75) is 66.3 Å². The van der Waals surface area contributed by atoms with Gasteiger partial charge in [0.05, 0.1) is 6.54 Å². The lowest BCUT2D eigenvalue weighted by Gasteiger charge is -2.21. The highest BCUT2D eigenvalue weighted by atomic mass is 127. The molecule has 150 valence electrons. The minimum Gasteiger partial charge on any atom is -0.357 e. The molecule has 1 unspecified atom stereocenters. The molecule has 0 aliphatic rings. The number of carbonyl (C=O) groups excluding carboxylic acids is 1. The topological polar surface area (TPSA) is 68.8 Å². The minimum atomic E-state index is 0. The number of hydrogen-bond donors (Lipinski definition) is 3. The van der Waals surface area contributed by atoms with Crippen LogP contribution in [0.1, 0.15) is 60.3 Å². The molecular formula is C18H40IN5O. The zero-order valence-corrected chi connectivity index (χ0v) is 19.2. The molecule has 0 bridgehead atoms. The number of hydrogen-bond acceptors (Lipinski definition) is 3. The van der Waals surface area contributed by atoms with E-state index >= 15 is 0 Å². The molecule has 0 aromatic carbocycles. The fourth-order valence-corrected chi connectivity index (χ4v) is 2.41. The van der Waals surface area contributed by atoms with Crippen molar-refractivity contribution in [3.63, 3.8) is 0 Å². The number of nitrogens with zero attached hydrogens (tertiary/aromatic N) is 2. The maximum atomic E-state index is 11.6. The summed E-state index contributed by atoms with van der Waals surface area (Å²) in [7, 11) is 0. The van der Waals surface area contributed by atoms with E-state index in [9.17, 15) is 4.79 Å². The Morgan fingerprint density at radius 1 is 1.12 bits per heavy atom. The van der Waals surface area contributed by atoms with Crippen molar-refractivity contribution in [1.82, 2.24) is 20.9 Å². The van der Waals surface area contributed by atoms with E-state index in [1.54, 1.807) is 0 Å². The Bertz CT molecular complexity index is 348. The molecule has 25 heavy (non-hydrogen) atoms. The van der Waals surface area contributed by atoms with Crippen molar-refractivity contribution in [2.24, 2.45) is 4.99 Å². The van der Waals surface area contributed by atoms with Crippen LogP contribution in [-0.2, 0) is 4.79 Å². The van der Waals surface area contributed by atoms with Crippen LogP contribution in [-0.4, -0.2) is 62.1 Å². The number of carbonyl (C=O) groups is 1. The fraction of sp³-hybridized carbons (Fsp3) is 0.889. The third-order valence-electron chi connectivity index (χ3n) is 3.91. The van der Waals surface area contributed by atoms with Crippen LogP contribution < -0.4 is 16.0 Å². The lowest BCUT2D eigenvalue weighted by Crippen LogP contribution is -2.42. The Labute approximate surface area is 172 Å². The molecule has 0 spiro atoms. The van der Waals surface area contributed by atoms with Gasteiger partial charge < -0.3 is 20.9 Å². The Morgan fingerprint density at radius 3 is 2.36 bits per heavy atom. The summed E-state index contributed by atoms with van der Waals surface area (Å²) in [4.78, 5) is 18.5. The highest BCUT2D eigenvalue weighted by molar-refractivity contribution is 14.0. The first-order chi connectivity index (χ1) is 11.6. The fourth-order valence-electron chi connectivity index (χ4n) is 2.41. The number of guanidine groups is 1. The molecule has 0 saturated carbocycles. The van der Waals surface area contributed by atoms with Crippen molar-refractivity contribution < 1.29 is 4.79 Å².